The Hall–Kier alpha value is -1.79. The van der Waals surface area contributed by atoms with E-state index in [1.165, 1.54) is 0 Å². The number of carbonyl (C=O) groups is 2. The second kappa shape index (κ2) is 8.21. The first-order valence-corrected chi connectivity index (χ1v) is 2.39. The largest absolute Gasteiger partial charge is 0.483 e. The van der Waals surface area contributed by atoms with Gasteiger partial charge in [-0.15, -0.1) is 0 Å². The smallest absolute Gasteiger partial charge is 0.325 e. The Labute approximate surface area is 62.3 Å². The Bertz CT molecular complexity index is 151. The second-order valence-corrected chi connectivity index (χ2v) is 1.24. The molecule has 0 aliphatic rings. The molecule has 0 aromatic carbocycles. The molecule has 0 aliphatic carbocycles. The van der Waals surface area contributed by atoms with E-state index in [0.717, 1.165) is 0 Å². The fourth-order valence-corrected chi connectivity index (χ4v) is 0.159. The standard InChI is InChI=1S/C3H7N3O2.CH2O2/c4-3(5)6-1-2(7)8;2-1-3/h1H2,(H,7,8)(H4,4,5,6);1H,(H,2,3). The predicted octanol–water partition coefficient (Wildman–Crippen LogP) is -1.95. The fourth-order valence-electron chi connectivity index (χ4n) is 0.159. The Balaban J connectivity index is 0. The lowest BCUT2D eigenvalue weighted by molar-refractivity contribution is -0.135. The van der Waals surface area contributed by atoms with E-state index >= 15 is 0 Å². The van der Waals surface area contributed by atoms with Crippen molar-refractivity contribution in [3.05, 3.63) is 0 Å². The number of hydrogen-bond acceptors (Lipinski definition) is 3. The highest BCUT2D eigenvalue weighted by Crippen LogP contribution is 1.65. The van der Waals surface area contributed by atoms with Crippen LogP contribution in [0.3, 0.4) is 0 Å². The van der Waals surface area contributed by atoms with Crippen LogP contribution in [0.15, 0.2) is 4.99 Å². The first-order chi connectivity index (χ1) is 5.04. The fraction of sp³-hybridized carbons (Fsp3) is 0.250. The first kappa shape index (κ1) is 11.9. The average molecular weight is 163 g/mol. The summed E-state index contributed by atoms with van der Waals surface area (Å²) in [7, 11) is 0. The van der Waals surface area contributed by atoms with Gasteiger partial charge >= 0.3 is 5.97 Å². The molecule has 0 rings (SSSR count). The summed E-state index contributed by atoms with van der Waals surface area (Å²) in [5.74, 6) is -1.24. The molecule has 7 heteroatoms. The number of aliphatic imine (C=N–C) groups is 1. The van der Waals surface area contributed by atoms with Crippen molar-refractivity contribution in [3.8, 4) is 0 Å². The SMILES string of the molecule is NC(N)=NCC(=O)O.O=CO. The summed E-state index contributed by atoms with van der Waals surface area (Å²) >= 11 is 0. The van der Waals surface area contributed by atoms with Gasteiger partial charge in [-0.25, -0.2) is 4.99 Å². The molecule has 0 unspecified atom stereocenters. The lowest BCUT2D eigenvalue weighted by Gasteiger charge is -1.85. The van der Waals surface area contributed by atoms with Crippen molar-refractivity contribution in [2.24, 2.45) is 16.5 Å². The van der Waals surface area contributed by atoms with Crippen molar-refractivity contribution in [3.63, 3.8) is 0 Å². The topological polar surface area (TPSA) is 139 Å². The van der Waals surface area contributed by atoms with Gasteiger partial charge in [0.15, 0.2) is 5.96 Å². The molecule has 0 aromatic heterocycles. The Morgan fingerprint density at radius 2 is 1.91 bits per heavy atom. The third-order valence-electron chi connectivity index (χ3n) is 0.397. The maximum absolute atomic E-state index is 9.69. The van der Waals surface area contributed by atoms with Crippen molar-refractivity contribution in [1.82, 2.24) is 0 Å². The summed E-state index contributed by atoms with van der Waals surface area (Å²) in [5.41, 5.74) is 9.61. The van der Waals surface area contributed by atoms with Gasteiger partial charge < -0.3 is 21.7 Å². The van der Waals surface area contributed by atoms with E-state index in [9.17, 15) is 4.79 Å². The van der Waals surface area contributed by atoms with Crippen molar-refractivity contribution >= 4 is 18.4 Å². The molecule has 0 spiro atoms. The van der Waals surface area contributed by atoms with Crippen LogP contribution < -0.4 is 11.5 Å². The van der Waals surface area contributed by atoms with Gasteiger partial charge in [0.1, 0.15) is 6.54 Å². The molecule has 0 heterocycles. The lowest BCUT2D eigenvalue weighted by atomic mass is 10.7. The van der Waals surface area contributed by atoms with E-state index < -0.39 is 5.97 Å². The van der Waals surface area contributed by atoms with Crippen molar-refractivity contribution in [2.75, 3.05) is 6.54 Å². The summed E-state index contributed by atoms with van der Waals surface area (Å²) in [6, 6.07) is 0. The molecule has 0 radical (unpaired) electrons. The van der Waals surface area contributed by atoms with Gasteiger partial charge in [0.05, 0.1) is 0 Å². The molecular weight excluding hydrogens is 154 g/mol. The van der Waals surface area contributed by atoms with Crippen molar-refractivity contribution in [2.45, 2.75) is 0 Å². The highest BCUT2D eigenvalue weighted by molar-refractivity contribution is 5.79. The van der Waals surface area contributed by atoms with Crippen LogP contribution in [0.2, 0.25) is 0 Å². The molecule has 0 bridgehead atoms. The minimum atomic E-state index is -1.04. The van der Waals surface area contributed by atoms with E-state index in [4.69, 9.17) is 26.5 Å². The molecular formula is C4H9N3O4. The molecule has 0 amide bonds. The van der Waals surface area contributed by atoms with Crippen LogP contribution in [0, 0.1) is 0 Å². The molecule has 0 saturated heterocycles. The van der Waals surface area contributed by atoms with Crippen LogP contribution in [-0.2, 0) is 9.59 Å². The third-order valence-corrected chi connectivity index (χ3v) is 0.397. The van der Waals surface area contributed by atoms with Crippen LogP contribution in [0.5, 0.6) is 0 Å². The molecule has 7 nitrogen and oxygen atoms in total. The molecule has 0 saturated carbocycles. The quantitative estimate of drug-likeness (QED) is 0.212. The van der Waals surface area contributed by atoms with Crippen LogP contribution in [0.4, 0.5) is 0 Å². The van der Waals surface area contributed by atoms with Gasteiger partial charge in [-0.3, -0.25) is 9.59 Å². The van der Waals surface area contributed by atoms with Gasteiger partial charge in [-0.05, 0) is 0 Å². The Morgan fingerprint density at radius 1 is 1.55 bits per heavy atom. The van der Waals surface area contributed by atoms with E-state index in [-0.39, 0.29) is 19.0 Å². The summed E-state index contributed by atoms with van der Waals surface area (Å²) in [4.78, 5) is 21.2. The van der Waals surface area contributed by atoms with Gasteiger partial charge in [-0.1, -0.05) is 0 Å². The minimum absolute atomic E-state index is 0.201. The summed E-state index contributed by atoms with van der Waals surface area (Å²) in [6.45, 7) is -0.609. The number of carboxylic acids is 1. The summed E-state index contributed by atoms with van der Waals surface area (Å²) in [5, 5.41) is 14.8. The molecule has 0 aliphatic heterocycles. The monoisotopic (exact) mass is 163 g/mol. The number of aliphatic carboxylic acids is 1. The molecule has 6 N–H and O–H groups in total. The highest BCUT2D eigenvalue weighted by Gasteiger charge is 1.90. The zero-order valence-electron chi connectivity index (χ0n) is 5.60. The predicted molar refractivity (Wildman–Crippen MR) is 37.0 cm³/mol. The number of hydrogen-bond donors (Lipinski definition) is 4. The van der Waals surface area contributed by atoms with E-state index in [2.05, 4.69) is 4.99 Å². The van der Waals surface area contributed by atoms with Gasteiger partial charge in [0.25, 0.3) is 6.47 Å². The minimum Gasteiger partial charge on any atom is -0.483 e. The Morgan fingerprint density at radius 3 is 2.00 bits per heavy atom. The number of nitrogens with zero attached hydrogens (tertiary/aromatic N) is 1. The molecule has 0 fully saturated rings. The maximum Gasteiger partial charge on any atom is 0.325 e. The highest BCUT2D eigenvalue weighted by atomic mass is 16.4. The van der Waals surface area contributed by atoms with Gasteiger partial charge in [-0.2, -0.15) is 0 Å². The van der Waals surface area contributed by atoms with Crippen LogP contribution in [0.1, 0.15) is 0 Å². The van der Waals surface area contributed by atoms with E-state index in [1.807, 2.05) is 0 Å². The van der Waals surface area contributed by atoms with Crippen LogP contribution in [-0.4, -0.2) is 35.2 Å². The zero-order chi connectivity index (χ0) is 9.28. The lowest BCUT2D eigenvalue weighted by Crippen LogP contribution is -2.24. The average Bonchev–Trinajstić information content (AvgIpc) is 1.85. The molecule has 0 aromatic rings. The van der Waals surface area contributed by atoms with Gasteiger partial charge in [0, 0.05) is 0 Å². The normalized spacial score (nSPS) is 6.91. The van der Waals surface area contributed by atoms with Crippen molar-refractivity contribution in [1.29, 1.82) is 0 Å². The van der Waals surface area contributed by atoms with Gasteiger partial charge in [0.2, 0.25) is 0 Å². The maximum atomic E-state index is 9.69. The van der Waals surface area contributed by atoms with Crippen LogP contribution in [0.25, 0.3) is 0 Å². The van der Waals surface area contributed by atoms with E-state index in [0.29, 0.717) is 0 Å². The first-order valence-electron chi connectivity index (χ1n) is 2.39. The summed E-state index contributed by atoms with van der Waals surface area (Å²) in [6.07, 6.45) is 0. The van der Waals surface area contributed by atoms with E-state index in [1.54, 1.807) is 0 Å². The Kier molecular flexibility index (Phi) is 8.91. The zero-order valence-corrected chi connectivity index (χ0v) is 5.60. The van der Waals surface area contributed by atoms with Crippen LogP contribution >= 0.6 is 0 Å². The summed E-state index contributed by atoms with van der Waals surface area (Å²) < 4.78 is 0. The number of guanidine groups is 1. The second-order valence-electron chi connectivity index (χ2n) is 1.24. The third kappa shape index (κ3) is 30.7. The van der Waals surface area contributed by atoms with Crippen molar-refractivity contribution < 1.29 is 19.8 Å². The number of carboxylic acid groups (broad SMARTS) is 2. The number of rotatable bonds is 2. The number of nitrogens with two attached hydrogens (primary N) is 2. The molecule has 11 heavy (non-hydrogen) atoms. The molecule has 0 atom stereocenters. The molecule has 64 valence electrons.